The third kappa shape index (κ3) is 6.82. The predicted octanol–water partition coefficient (Wildman–Crippen LogP) is 4.03. The Labute approximate surface area is 210 Å². The van der Waals surface area contributed by atoms with E-state index in [4.69, 9.17) is 4.74 Å². The summed E-state index contributed by atoms with van der Waals surface area (Å²) in [4.78, 5) is 33.5. The first-order chi connectivity index (χ1) is 17.0. The highest BCUT2D eigenvalue weighted by Gasteiger charge is 2.40. The first-order valence-corrected chi connectivity index (χ1v) is 13.9. The van der Waals surface area contributed by atoms with Gasteiger partial charge in [-0.1, -0.05) is 39.2 Å². The molecule has 1 aromatic rings. The summed E-state index contributed by atoms with van der Waals surface area (Å²) in [6.45, 7) is 8.75. The highest BCUT2D eigenvalue weighted by molar-refractivity contribution is 5.96. The van der Waals surface area contributed by atoms with Crippen LogP contribution in [-0.4, -0.2) is 55.2 Å². The molecular weight excluding hydrogens is 440 g/mol. The number of nitrogens with one attached hydrogen (secondary N) is 2. The highest BCUT2D eigenvalue weighted by atomic mass is 16.5. The van der Waals surface area contributed by atoms with Crippen molar-refractivity contribution in [1.29, 1.82) is 0 Å². The van der Waals surface area contributed by atoms with Gasteiger partial charge in [-0.2, -0.15) is 0 Å². The maximum Gasteiger partial charge on any atom is 0.232 e. The average molecular weight is 485 g/mol. The van der Waals surface area contributed by atoms with Crippen LogP contribution in [0.1, 0.15) is 83.6 Å². The minimum atomic E-state index is -0.216. The Bertz CT molecular complexity index is 833. The Morgan fingerprint density at radius 3 is 2.49 bits per heavy atom. The molecule has 0 unspecified atom stereocenters. The van der Waals surface area contributed by atoms with Crippen molar-refractivity contribution in [2.75, 3.05) is 31.2 Å². The number of rotatable bonds is 10. The van der Waals surface area contributed by atoms with Gasteiger partial charge in [0.1, 0.15) is 5.82 Å². The van der Waals surface area contributed by atoms with E-state index in [0.717, 1.165) is 31.5 Å². The summed E-state index contributed by atoms with van der Waals surface area (Å²) in [5.74, 6) is 1.36. The normalized spacial score (nSPS) is 24.2. The summed E-state index contributed by atoms with van der Waals surface area (Å²) >= 11 is 0. The van der Waals surface area contributed by atoms with Crippen LogP contribution in [0.25, 0.3) is 0 Å². The van der Waals surface area contributed by atoms with Gasteiger partial charge in [-0.25, -0.2) is 4.98 Å². The fourth-order valence-corrected chi connectivity index (χ4v) is 5.60. The van der Waals surface area contributed by atoms with Crippen molar-refractivity contribution in [3.63, 3.8) is 0 Å². The monoisotopic (exact) mass is 484 g/mol. The largest absolute Gasteiger partial charge is 0.380 e. The van der Waals surface area contributed by atoms with E-state index < -0.39 is 0 Å². The number of aromatic nitrogens is 1. The smallest absolute Gasteiger partial charge is 0.232 e. The predicted molar refractivity (Wildman–Crippen MR) is 138 cm³/mol. The lowest BCUT2D eigenvalue weighted by molar-refractivity contribution is -0.129. The molecule has 3 atom stereocenters. The number of ether oxygens (including phenoxy) is 1. The number of carbonyl (C=O) groups excluding carboxylic acids is 2. The molecule has 7 nitrogen and oxygen atoms in total. The van der Waals surface area contributed by atoms with Gasteiger partial charge in [0.25, 0.3) is 0 Å². The number of hydrogen-bond donors (Lipinski definition) is 2. The second-order valence-corrected chi connectivity index (χ2v) is 11.0. The number of carbonyl (C=O) groups is 2. The van der Waals surface area contributed by atoms with E-state index in [0.29, 0.717) is 44.6 Å². The van der Waals surface area contributed by atoms with Crippen molar-refractivity contribution >= 4 is 17.6 Å². The van der Waals surface area contributed by atoms with Gasteiger partial charge < -0.3 is 15.4 Å². The molecule has 0 bridgehead atoms. The Morgan fingerprint density at radius 1 is 1.11 bits per heavy atom. The molecule has 0 radical (unpaired) electrons. The maximum absolute atomic E-state index is 13.7. The summed E-state index contributed by atoms with van der Waals surface area (Å²) in [6.07, 6.45) is 10.6. The van der Waals surface area contributed by atoms with E-state index in [1.165, 1.54) is 24.8 Å². The molecule has 194 valence electrons. The third-order valence-electron chi connectivity index (χ3n) is 7.95. The van der Waals surface area contributed by atoms with Gasteiger partial charge in [0, 0.05) is 31.9 Å². The summed E-state index contributed by atoms with van der Waals surface area (Å²) < 4.78 is 5.74. The van der Waals surface area contributed by atoms with Crippen molar-refractivity contribution in [3.8, 4) is 0 Å². The molecule has 1 aromatic heterocycles. The number of piperidine rings is 1. The Balaban J connectivity index is 1.40. The number of nitrogens with zero attached hydrogens (tertiary/aromatic N) is 2. The zero-order valence-electron chi connectivity index (χ0n) is 21.8. The highest BCUT2D eigenvalue weighted by Crippen LogP contribution is 2.34. The molecule has 2 aliphatic carbocycles. The van der Waals surface area contributed by atoms with Crippen LogP contribution in [0.4, 0.5) is 5.82 Å². The molecule has 4 rings (SSSR count). The van der Waals surface area contributed by atoms with Crippen molar-refractivity contribution in [2.24, 2.45) is 17.8 Å². The molecule has 35 heavy (non-hydrogen) atoms. The fourth-order valence-electron chi connectivity index (χ4n) is 5.60. The molecular formula is C28H44N4O3. The summed E-state index contributed by atoms with van der Waals surface area (Å²) in [7, 11) is 0. The van der Waals surface area contributed by atoms with Crippen molar-refractivity contribution < 1.29 is 14.3 Å². The van der Waals surface area contributed by atoms with Crippen LogP contribution in [0.5, 0.6) is 0 Å². The second-order valence-electron chi connectivity index (χ2n) is 11.0. The van der Waals surface area contributed by atoms with Gasteiger partial charge in [-0.05, 0) is 62.5 Å². The van der Waals surface area contributed by atoms with Crippen LogP contribution in [0, 0.1) is 17.8 Å². The second kappa shape index (κ2) is 12.3. The van der Waals surface area contributed by atoms with Crippen molar-refractivity contribution in [3.05, 3.63) is 23.9 Å². The number of anilines is 1. The number of amides is 2. The first kappa shape index (κ1) is 26.1. The Morgan fingerprint density at radius 2 is 1.86 bits per heavy atom. The lowest BCUT2D eigenvalue weighted by Gasteiger charge is -2.35. The van der Waals surface area contributed by atoms with E-state index in [9.17, 15) is 9.59 Å². The summed E-state index contributed by atoms with van der Waals surface area (Å²) in [6, 6.07) is 4.35. The zero-order valence-corrected chi connectivity index (χ0v) is 21.8. The molecule has 2 N–H and O–H groups in total. The Kier molecular flexibility index (Phi) is 9.17. The minimum Gasteiger partial charge on any atom is -0.380 e. The lowest BCUT2D eigenvalue weighted by Crippen LogP contribution is -2.53. The van der Waals surface area contributed by atoms with Crippen LogP contribution in [0.15, 0.2) is 18.3 Å². The van der Waals surface area contributed by atoms with Crippen molar-refractivity contribution in [1.82, 2.24) is 15.6 Å². The minimum absolute atomic E-state index is 0.0580. The lowest BCUT2D eigenvalue weighted by atomic mass is 9.83. The summed E-state index contributed by atoms with van der Waals surface area (Å²) in [5.41, 5.74) is 1.17. The molecule has 7 heteroatoms. The van der Waals surface area contributed by atoms with Gasteiger partial charge in [0.2, 0.25) is 11.8 Å². The van der Waals surface area contributed by atoms with Crippen LogP contribution >= 0.6 is 0 Å². The molecule has 3 aliphatic rings. The van der Waals surface area contributed by atoms with Gasteiger partial charge in [-0.3, -0.25) is 14.5 Å². The van der Waals surface area contributed by atoms with Crippen LogP contribution in [0.2, 0.25) is 0 Å². The van der Waals surface area contributed by atoms with E-state index in [-0.39, 0.29) is 35.7 Å². The maximum atomic E-state index is 13.7. The standard InChI is InChI=1S/C28H44N4O3/c1-4-35-18-25(20-8-6-5-7-9-20)31-27(33)22-14-23(16-29-15-22)28(34)32(24-11-12-24)26-13-10-21(17-30-26)19(2)3/h10,13,17,19-20,22-25,29H,4-9,11-12,14-16,18H2,1-3H3,(H,31,33)/t22-,23+,25-/m0/s1. The van der Waals surface area contributed by atoms with Crippen LogP contribution < -0.4 is 15.5 Å². The molecule has 0 spiro atoms. The zero-order chi connectivity index (χ0) is 24.8. The Hall–Kier alpha value is -1.99. The molecule has 1 aliphatic heterocycles. The van der Waals surface area contributed by atoms with Crippen LogP contribution in [-0.2, 0) is 14.3 Å². The fraction of sp³-hybridized carbons (Fsp3) is 0.750. The van der Waals surface area contributed by atoms with Gasteiger partial charge in [-0.15, -0.1) is 0 Å². The molecule has 0 aromatic carbocycles. The van der Waals surface area contributed by atoms with E-state index in [1.807, 2.05) is 24.1 Å². The quantitative estimate of drug-likeness (QED) is 0.524. The van der Waals surface area contributed by atoms with Gasteiger partial charge >= 0.3 is 0 Å². The van der Waals surface area contributed by atoms with Crippen LogP contribution in [0.3, 0.4) is 0 Å². The topological polar surface area (TPSA) is 83.6 Å². The van der Waals surface area contributed by atoms with E-state index in [1.54, 1.807) is 0 Å². The number of pyridine rings is 1. The van der Waals surface area contributed by atoms with E-state index in [2.05, 4.69) is 35.5 Å². The molecule has 3 fully saturated rings. The first-order valence-electron chi connectivity index (χ1n) is 13.9. The molecule has 2 heterocycles. The number of hydrogen-bond acceptors (Lipinski definition) is 5. The van der Waals surface area contributed by atoms with Gasteiger partial charge in [0.05, 0.1) is 24.5 Å². The third-order valence-corrected chi connectivity index (χ3v) is 7.95. The van der Waals surface area contributed by atoms with E-state index >= 15 is 0 Å². The molecule has 2 saturated carbocycles. The average Bonchev–Trinajstić information content (AvgIpc) is 3.72. The van der Waals surface area contributed by atoms with Crippen molar-refractivity contribution in [2.45, 2.75) is 90.1 Å². The molecule has 2 amide bonds. The SMILES string of the molecule is CCOC[C@H](NC(=O)[C@@H]1CNC[C@H](C(=O)N(c2ccc(C(C)C)cn2)C2CC2)C1)C1CCCCC1. The molecule has 1 saturated heterocycles. The van der Waals surface area contributed by atoms with Gasteiger partial charge in [0.15, 0.2) is 0 Å². The summed E-state index contributed by atoms with van der Waals surface area (Å²) in [5, 5.41) is 6.69.